The third kappa shape index (κ3) is 2.93. The Hall–Kier alpha value is -2.06. The molecule has 2 bridgehead atoms. The number of nitrogens with zero attached hydrogens (tertiary/aromatic N) is 2. The Balaban J connectivity index is 1.58. The molecule has 0 radical (unpaired) electrons. The second-order valence-electron chi connectivity index (χ2n) is 6.28. The minimum absolute atomic E-state index is 0.0946. The molecule has 3 atom stereocenters. The Bertz CT molecular complexity index is 579. The Morgan fingerprint density at radius 1 is 1.36 bits per heavy atom. The fourth-order valence-corrected chi connectivity index (χ4v) is 3.76. The van der Waals surface area contributed by atoms with Gasteiger partial charge in [0.2, 0.25) is 5.91 Å². The molecule has 1 saturated carbocycles. The summed E-state index contributed by atoms with van der Waals surface area (Å²) in [6.07, 6.45) is 3.24. The minimum atomic E-state index is 0.0946. The number of rotatable bonds is 4. The van der Waals surface area contributed by atoms with Crippen molar-refractivity contribution in [2.24, 2.45) is 11.8 Å². The van der Waals surface area contributed by atoms with E-state index in [9.17, 15) is 9.90 Å². The van der Waals surface area contributed by atoms with Gasteiger partial charge in [0.25, 0.3) is 0 Å². The van der Waals surface area contributed by atoms with E-state index in [0.717, 1.165) is 25.1 Å². The zero-order valence-corrected chi connectivity index (χ0v) is 12.5. The van der Waals surface area contributed by atoms with Crippen molar-refractivity contribution in [3.8, 4) is 6.07 Å². The number of carbonyl (C=O) groups excluding carboxylic acids is 1. The number of hydrogen-bond donors (Lipinski definition) is 2. The molecule has 1 amide bonds. The van der Waals surface area contributed by atoms with Gasteiger partial charge in [-0.2, -0.15) is 5.26 Å². The lowest BCUT2D eigenvalue weighted by Crippen LogP contribution is -2.57. The van der Waals surface area contributed by atoms with Crippen LogP contribution in [-0.4, -0.2) is 41.7 Å². The van der Waals surface area contributed by atoms with E-state index in [1.54, 1.807) is 12.1 Å². The van der Waals surface area contributed by atoms with Gasteiger partial charge in [0.05, 0.1) is 18.2 Å². The first-order valence-corrected chi connectivity index (χ1v) is 7.85. The number of fused-ring (bicyclic) bond motifs is 3. The van der Waals surface area contributed by atoms with Gasteiger partial charge in [0, 0.05) is 30.8 Å². The molecule has 1 aromatic carbocycles. The number of amides is 1. The summed E-state index contributed by atoms with van der Waals surface area (Å²) in [5.41, 5.74) is 1.45. The van der Waals surface area contributed by atoms with Crippen LogP contribution < -0.4 is 5.32 Å². The van der Waals surface area contributed by atoms with Crippen molar-refractivity contribution in [2.45, 2.75) is 25.3 Å². The summed E-state index contributed by atoms with van der Waals surface area (Å²) in [5.74, 6) is 0.879. The summed E-state index contributed by atoms with van der Waals surface area (Å²) in [7, 11) is 0. The molecular formula is C17H21N3O2. The van der Waals surface area contributed by atoms with Crippen molar-refractivity contribution in [3.63, 3.8) is 0 Å². The molecule has 116 valence electrons. The largest absolute Gasteiger partial charge is 0.396 e. The van der Waals surface area contributed by atoms with E-state index in [4.69, 9.17) is 5.26 Å². The van der Waals surface area contributed by atoms with Gasteiger partial charge < -0.3 is 15.3 Å². The summed E-state index contributed by atoms with van der Waals surface area (Å²) >= 11 is 0. The zero-order valence-electron chi connectivity index (χ0n) is 12.5. The highest BCUT2D eigenvalue weighted by Gasteiger charge is 2.42. The molecule has 3 aliphatic rings. The Morgan fingerprint density at radius 2 is 2.14 bits per heavy atom. The van der Waals surface area contributed by atoms with Gasteiger partial charge >= 0.3 is 0 Å². The summed E-state index contributed by atoms with van der Waals surface area (Å²) in [4.78, 5) is 14.4. The molecule has 1 aromatic rings. The summed E-state index contributed by atoms with van der Waals surface area (Å²) in [6, 6.07) is 9.36. The molecule has 2 N–H and O–H groups in total. The van der Waals surface area contributed by atoms with Crippen molar-refractivity contribution in [2.75, 3.05) is 25.0 Å². The monoisotopic (exact) mass is 299 g/mol. The SMILES string of the molecule is N#Cc1ccc(NCC(=O)N2CC3CCC2C(CO)C3)cc1. The standard InChI is InChI=1S/C17H21N3O2/c18-8-12-1-4-15(5-2-12)19-9-17(22)20-10-13-3-6-16(20)14(7-13)11-21/h1-2,4-5,13-14,16,19,21H,3,6-7,9-11H2. The second kappa shape index (κ2) is 6.37. The molecule has 2 saturated heterocycles. The van der Waals surface area contributed by atoms with E-state index in [0.29, 0.717) is 11.5 Å². The third-order valence-electron chi connectivity index (χ3n) is 4.92. The van der Waals surface area contributed by atoms with Gasteiger partial charge in [-0.15, -0.1) is 0 Å². The van der Waals surface area contributed by atoms with Crippen molar-refractivity contribution in [1.29, 1.82) is 5.26 Å². The number of anilines is 1. The maximum absolute atomic E-state index is 12.5. The fraction of sp³-hybridized carbons (Fsp3) is 0.529. The van der Waals surface area contributed by atoms with Gasteiger partial charge in [-0.25, -0.2) is 0 Å². The molecule has 0 spiro atoms. The summed E-state index contributed by atoms with van der Waals surface area (Å²) in [6.45, 7) is 1.26. The molecule has 1 aliphatic carbocycles. The maximum atomic E-state index is 12.5. The van der Waals surface area contributed by atoms with Crippen LogP contribution >= 0.6 is 0 Å². The average molecular weight is 299 g/mol. The molecule has 2 aliphatic heterocycles. The molecular weight excluding hydrogens is 278 g/mol. The van der Waals surface area contributed by atoms with Crippen LogP contribution in [-0.2, 0) is 4.79 Å². The quantitative estimate of drug-likeness (QED) is 0.885. The van der Waals surface area contributed by atoms with E-state index in [1.807, 2.05) is 17.0 Å². The smallest absolute Gasteiger partial charge is 0.242 e. The van der Waals surface area contributed by atoms with E-state index >= 15 is 0 Å². The molecule has 3 fully saturated rings. The minimum Gasteiger partial charge on any atom is -0.396 e. The topological polar surface area (TPSA) is 76.4 Å². The first-order chi connectivity index (χ1) is 10.7. The molecule has 2 heterocycles. The first-order valence-electron chi connectivity index (χ1n) is 7.85. The number of hydrogen-bond acceptors (Lipinski definition) is 4. The van der Waals surface area contributed by atoms with Gasteiger partial charge in [-0.3, -0.25) is 4.79 Å². The van der Waals surface area contributed by atoms with Gasteiger partial charge in [0.1, 0.15) is 0 Å². The van der Waals surface area contributed by atoms with Crippen molar-refractivity contribution >= 4 is 11.6 Å². The van der Waals surface area contributed by atoms with Crippen molar-refractivity contribution < 1.29 is 9.90 Å². The summed E-state index contributed by atoms with van der Waals surface area (Å²) in [5, 5.41) is 21.4. The predicted octanol–water partition coefficient (Wildman–Crippen LogP) is 1.59. The van der Waals surface area contributed by atoms with Crippen molar-refractivity contribution in [1.82, 2.24) is 4.90 Å². The Kier molecular flexibility index (Phi) is 4.30. The van der Waals surface area contributed by atoms with Crippen LogP contribution in [0.15, 0.2) is 24.3 Å². The number of piperidine rings is 2. The van der Waals surface area contributed by atoms with Crippen LogP contribution in [0.1, 0.15) is 24.8 Å². The normalized spacial score (nSPS) is 26.5. The van der Waals surface area contributed by atoms with Crippen LogP contribution in [0.5, 0.6) is 0 Å². The number of carbonyl (C=O) groups is 1. The second-order valence-corrected chi connectivity index (χ2v) is 6.28. The molecule has 4 rings (SSSR count). The highest BCUT2D eigenvalue weighted by Crippen LogP contribution is 2.38. The number of aliphatic hydroxyl groups is 1. The fourth-order valence-electron chi connectivity index (χ4n) is 3.76. The van der Waals surface area contributed by atoms with Crippen LogP contribution in [0, 0.1) is 23.2 Å². The van der Waals surface area contributed by atoms with E-state index < -0.39 is 0 Å². The lowest BCUT2D eigenvalue weighted by atomic mass is 9.73. The average Bonchev–Trinajstić information content (AvgIpc) is 2.60. The summed E-state index contributed by atoms with van der Waals surface area (Å²) < 4.78 is 0. The maximum Gasteiger partial charge on any atom is 0.242 e. The highest BCUT2D eigenvalue weighted by atomic mass is 16.3. The molecule has 5 nitrogen and oxygen atoms in total. The Labute approximate surface area is 130 Å². The molecule has 22 heavy (non-hydrogen) atoms. The lowest BCUT2D eigenvalue weighted by molar-refractivity contribution is -0.140. The number of aliphatic hydroxyl groups excluding tert-OH is 1. The van der Waals surface area contributed by atoms with Crippen LogP contribution in [0.3, 0.4) is 0 Å². The number of benzene rings is 1. The number of nitrogens with one attached hydrogen (secondary N) is 1. The van der Waals surface area contributed by atoms with E-state index in [2.05, 4.69) is 11.4 Å². The lowest BCUT2D eigenvalue weighted by Gasteiger charge is -2.49. The third-order valence-corrected chi connectivity index (χ3v) is 4.92. The highest BCUT2D eigenvalue weighted by molar-refractivity contribution is 5.81. The molecule has 0 aromatic heterocycles. The first kappa shape index (κ1) is 14.9. The van der Waals surface area contributed by atoms with Crippen LogP contribution in [0.2, 0.25) is 0 Å². The van der Waals surface area contributed by atoms with Gasteiger partial charge in [-0.05, 0) is 49.4 Å². The van der Waals surface area contributed by atoms with Crippen LogP contribution in [0.4, 0.5) is 5.69 Å². The Morgan fingerprint density at radius 3 is 2.77 bits per heavy atom. The van der Waals surface area contributed by atoms with E-state index in [1.165, 1.54) is 6.42 Å². The molecule has 5 heteroatoms. The molecule has 3 unspecified atom stereocenters. The van der Waals surface area contributed by atoms with Crippen molar-refractivity contribution in [3.05, 3.63) is 29.8 Å². The van der Waals surface area contributed by atoms with Crippen LogP contribution in [0.25, 0.3) is 0 Å². The predicted molar refractivity (Wildman–Crippen MR) is 83.1 cm³/mol. The number of nitriles is 1. The zero-order chi connectivity index (χ0) is 15.5. The van der Waals surface area contributed by atoms with Gasteiger partial charge in [0.15, 0.2) is 0 Å². The van der Waals surface area contributed by atoms with E-state index in [-0.39, 0.29) is 31.0 Å². The van der Waals surface area contributed by atoms with Gasteiger partial charge in [-0.1, -0.05) is 0 Å².